The molecule has 0 aliphatic heterocycles. The Hall–Kier alpha value is -1.36. The minimum Gasteiger partial charge on any atom is -0.463 e. The number of carbonyl (C=O) groups is 2. The quantitative estimate of drug-likeness (QED) is 0.503. The highest BCUT2D eigenvalue weighted by Gasteiger charge is 2.02. The summed E-state index contributed by atoms with van der Waals surface area (Å²) in [5.41, 5.74) is 0. The molecule has 0 heterocycles. The van der Waals surface area contributed by atoms with Crippen molar-refractivity contribution in [1.29, 1.82) is 0 Å². The Morgan fingerprint density at radius 1 is 1.29 bits per heavy atom. The molecule has 0 aromatic heterocycles. The van der Waals surface area contributed by atoms with Crippen molar-refractivity contribution < 1.29 is 24.2 Å². The van der Waals surface area contributed by atoms with E-state index in [2.05, 4.69) is 9.47 Å². The lowest BCUT2D eigenvalue weighted by Crippen LogP contribution is -2.14. The summed E-state index contributed by atoms with van der Waals surface area (Å²) in [5.74, 6) is -1.28. The topological polar surface area (TPSA) is 72.8 Å². The zero-order chi connectivity index (χ0) is 11.0. The largest absolute Gasteiger partial charge is 0.463 e. The standard InChI is InChI=1S/C9H14O5/c1-3-13-8(11)4-5-9(12)14-6-7(2)10/h4-5,7,10H,3,6H2,1-2H3/b5-4+. The van der Waals surface area contributed by atoms with Gasteiger partial charge in [-0.1, -0.05) is 0 Å². The molecule has 1 unspecified atom stereocenters. The van der Waals surface area contributed by atoms with Crippen LogP contribution < -0.4 is 0 Å². The van der Waals surface area contributed by atoms with Crippen LogP contribution in [0.5, 0.6) is 0 Å². The first-order valence-corrected chi connectivity index (χ1v) is 4.26. The SMILES string of the molecule is CCOC(=O)/C=C/C(=O)OCC(C)O. The van der Waals surface area contributed by atoms with Crippen LogP contribution in [0.4, 0.5) is 0 Å². The van der Waals surface area contributed by atoms with Gasteiger partial charge in [-0.15, -0.1) is 0 Å². The third-order valence-corrected chi connectivity index (χ3v) is 1.11. The van der Waals surface area contributed by atoms with Gasteiger partial charge in [0.15, 0.2) is 0 Å². The molecule has 80 valence electrons. The number of esters is 2. The van der Waals surface area contributed by atoms with Gasteiger partial charge in [0.05, 0.1) is 12.7 Å². The summed E-state index contributed by atoms with van der Waals surface area (Å²) in [6.07, 6.45) is 1.23. The van der Waals surface area contributed by atoms with Gasteiger partial charge >= 0.3 is 11.9 Å². The van der Waals surface area contributed by atoms with Crippen molar-refractivity contribution in [3.63, 3.8) is 0 Å². The van der Waals surface area contributed by atoms with Crippen LogP contribution in [-0.2, 0) is 19.1 Å². The van der Waals surface area contributed by atoms with Gasteiger partial charge < -0.3 is 14.6 Å². The highest BCUT2D eigenvalue weighted by molar-refractivity contribution is 5.91. The van der Waals surface area contributed by atoms with Gasteiger partial charge in [-0.2, -0.15) is 0 Å². The van der Waals surface area contributed by atoms with E-state index in [0.29, 0.717) is 0 Å². The van der Waals surface area contributed by atoms with Crippen LogP contribution >= 0.6 is 0 Å². The Bertz CT molecular complexity index is 219. The van der Waals surface area contributed by atoms with Crippen LogP contribution in [0.2, 0.25) is 0 Å². The monoisotopic (exact) mass is 202 g/mol. The molecule has 1 N–H and O–H groups in total. The Morgan fingerprint density at radius 2 is 1.79 bits per heavy atom. The van der Waals surface area contributed by atoms with E-state index in [1.807, 2.05) is 0 Å². The molecule has 0 saturated heterocycles. The molecular formula is C9H14O5. The molecule has 0 aliphatic rings. The van der Waals surface area contributed by atoms with Crippen LogP contribution in [0, 0.1) is 0 Å². The summed E-state index contributed by atoms with van der Waals surface area (Å²) in [4.78, 5) is 21.5. The van der Waals surface area contributed by atoms with Gasteiger partial charge in [-0.25, -0.2) is 9.59 Å². The predicted molar refractivity (Wildman–Crippen MR) is 48.4 cm³/mol. The molecule has 0 rings (SSSR count). The van der Waals surface area contributed by atoms with E-state index in [-0.39, 0.29) is 13.2 Å². The smallest absolute Gasteiger partial charge is 0.331 e. The molecule has 0 saturated carbocycles. The van der Waals surface area contributed by atoms with Crippen molar-refractivity contribution in [2.45, 2.75) is 20.0 Å². The van der Waals surface area contributed by atoms with Crippen LogP contribution in [0.15, 0.2) is 12.2 Å². The van der Waals surface area contributed by atoms with Gasteiger partial charge in [0.25, 0.3) is 0 Å². The number of hydrogen-bond donors (Lipinski definition) is 1. The number of carbonyl (C=O) groups excluding carboxylic acids is 2. The van der Waals surface area contributed by atoms with Crippen LogP contribution in [-0.4, -0.2) is 36.4 Å². The van der Waals surface area contributed by atoms with Crippen molar-refractivity contribution in [2.24, 2.45) is 0 Å². The predicted octanol–water partition coefficient (Wildman–Crippen LogP) is 0.0297. The molecule has 0 radical (unpaired) electrons. The highest BCUT2D eigenvalue weighted by Crippen LogP contribution is 1.87. The van der Waals surface area contributed by atoms with Gasteiger partial charge in [-0.3, -0.25) is 0 Å². The maximum Gasteiger partial charge on any atom is 0.331 e. The Labute approximate surface area is 82.3 Å². The van der Waals surface area contributed by atoms with Gasteiger partial charge in [0.2, 0.25) is 0 Å². The third-order valence-electron chi connectivity index (χ3n) is 1.11. The zero-order valence-electron chi connectivity index (χ0n) is 8.23. The first-order valence-electron chi connectivity index (χ1n) is 4.26. The molecule has 0 aliphatic carbocycles. The van der Waals surface area contributed by atoms with Gasteiger partial charge in [0, 0.05) is 12.2 Å². The summed E-state index contributed by atoms with van der Waals surface area (Å²) < 4.78 is 9.08. The fraction of sp³-hybridized carbons (Fsp3) is 0.556. The number of ether oxygens (including phenoxy) is 2. The van der Waals surface area contributed by atoms with Gasteiger partial charge in [0.1, 0.15) is 6.61 Å². The maximum atomic E-state index is 10.8. The van der Waals surface area contributed by atoms with Crippen LogP contribution in [0.25, 0.3) is 0 Å². The molecule has 5 heteroatoms. The van der Waals surface area contributed by atoms with E-state index in [1.54, 1.807) is 6.92 Å². The Balaban J connectivity index is 3.76. The van der Waals surface area contributed by atoms with Gasteiger partial charge in [-0.05, 0) is 13.8 Å². The minimum atomic E-state index is -0.713. The van der Waals surface area contributed by atoms with Crippen molar-refractivity contribution in [3.8, 4) is 0 Å². The van der Waals surface area contributed by atoms with E-state index >= 15 is 0 Å². The maximum absolute atomic E-state index is 10.8. The average molecular weight is 202 g/mol. The first kappa shape index (κ1) is 12.6. The van der Waals surface area contributed by atoms with Crippen molar-refractivity contribution in [2.75, 3.05) is 13.2 Å². The van der Waals surface area contributed by atoms with Crippen LogP contribution in [0.3, 0.4) is 0 Å². The molecule has 5 nitrogen and oxygen atoms in total. The number of aliphatic hydroxyl groups excluding tert-OH is 1. The number of rotatable bonds is 5. The summed E-state index contributed by atoms with van der Waals surface area (Å²) in [5, 5.41) is 8.77. The van der Waals surface area contributed by atoms with E-state index in [1.165, 1.54) is 6.92 Å². The zero-order valence-corrected chi connectivity index (χ0v) is 8.23. The van der Waals surface area contributed by atoms with E-state index in [4.69, 9.17) is 5.11 Å². The Kier molecular flexibility index (Phi) is 6.39. The second-order valence-corrected chi connectivity index (χ2v) is 2.56. The molecule has 1 atom stereocenters. The first-order chi connectivity index (χ1) is 6.56. The minimum absolute atomic E-state index is 0.0913. The normalized spacial score (nSPS) is 12.5. The number of aliphatic hydroxyl groups is 1. The summed E-state index contributed by atoms with van der Waals surface area (Å²) in [7, 11) is 0. The lowest BCUT2D eigenvalue weighted by Gasteiger charge is -2.03. The molecule has 0 aromatic carbocycles. The van der Waals surface area contributed by atoms with E-state index < -0.39 is 18.0 Å². The molecule has 14 heavy (non-hydrogen) atoms. The second kappa shape index (κ2) is 7.08. The summed E-state index contributed by atoms with van der Waals surface area (Å²) >= 11 is 0. The third kappa shape index (κ3) is 7.30. The lowest BCUT2D eigenvalue weighted by atomic mass is 10.4. The van der Waals surface area contributed by atoms with E-state index in [9.17, 15) is 9.59 Å². The lowest BCUT2D eigenvalue weighted by molar-refractivity contribution is -0.141. The molecule has 0 bridgehead atoms. The highest BCUT2D eigenvalue weighted by atomic mass is 16.5. The average Bonchev–Trinajstić information content (AvgIpc) is 2.12. The molecule has 0 fully saturated rings. The molecule has 0 aromatic rings. The molecule has 0 amide bonds. The Morgan fingerprint density at radius 3 is 2.21 bits per heavy atom. The van der Waals surface area contributed by atoms with Crippen molar-refractivity contribution in [3.05, 3.63) is 12.2 Å². The second-order valence-electron chi connectivity index (χ2n) is 2.56. The molecular weight excluding hydrogens is 188 g/mol. The van der Waals surface area contributed by atoms with Crippen LogP contribution in [0.1, 0.15) is 13.8 Å². The summed E-state index contributed by atoms with van der Waals surface area (Å²) in [6, 6.07) is 0. The summed E-state index contributed by atoms with van der Waals surface area (Å²) in [6.45, 7) is 3.32. The number of hydrogen-bond acceptors (Lipinski definition) is 5. The molecule has 0 spiro atoms. The fourth-order valence-corrected chi connectivity index (χ4v) is 0.577. The van der Waals surface area contributed by atoms with Crippen molar-refractivity contribution >= 4 is 11.9 Å². The van der Waals surface area contributed by atoms with Crippen molar-refractivity contribution in [1.82, 2.24) is 0 Å². The van der Waals surface area contributed by atoms with E-state index in [0.717, 1.165) is 12.2 Å². The fourth-order valence-electron chi connectivity index (χ4n) is 0.577.